The molecule has 0 bridgehead atoms. The van der Waals surface area contributed by atoms with Crippen LogP contribution in [0.4, 0.5) is 0 Å². The zero-order chi connectivity index (χ0) is 14.0. The number of fused-ring (bicyclic) bond motifs is 3. The predicted molar refractivity (Wildman–Crippen MR) is 86.4 cm³/mol. The van der Waals surface area contributed by atoms with Crippen LogP contribution < -0.4 is 0 Å². The van der Waals surface area contributed by atoms with Gasteiger partial charge in [0.1, 0.15) is 0 Å². The van der Waals surface area contributed by atoms with E-state index in [9.17, 15) is 0 Å². The average molecular weight is 272 g/mol. The minimum absolute atomic E-state index is 0.246. The van der Waals surface area contributed by atoms with Gasteiger partial charge in [0.05, 0.1) is 0 Å². The highest BCUT2D eigenvalue weighted by Gasteiger charge is 2.38. The van der Waals surface area contributed by atoms with Crippen LogP contribution in [0.3, 0.4) is 0 Å². The maximum absolute atomic E-state index is 2.43. The van der Waals surface area contributed by atoms with Gasteiger partial charge in [0.2, 0.25) is 0 Å². The van der Waals surface area contributed by atoms with Crippen LogP contribution in [0.25, 0.3) is 10.1 Å². The molecule has 1 aromatic carbocycles. The topological polar surface area (TPSA) is 0 Å². The van der Waals surface area contributed by atoms with E-state index in [1.54, 1.807) is 10.4 Å². The fourth-order valence-corrected chi connectivity index (χ4v) is 4.55. The number of hydrogen-bond acceptors (Lipinski definition) is 1. The Morgan fingerprint density at radius 2 is 1.74 bits per heavy atom. The van der Waals surface area contributed by atoms with E-state index >= 15 is 0 Å². The molecule has 1 aliphatic rings. The Hall–Kier alpha value is -0.820. The van der Waals surface area contributed by atoms with Crippen molar-refractivity contribution in [3.05, 3.63) is 34.2 Å². The lowest BCUT2D eigenvalue weighted by Gasteiger charge is -2.37. The highest BCUT2D eigenvalue weighted by atomic mass is 32.1. The monoisotopic (exact) mass is 272 g/mol. The quantitative estimate of drug-likeness (QED) is 0.561. The summed E-state index contributed by atoms with van der Waals surface area (Å²) in [6.07, 6.45) is 1.27. The van der Waals surface area contributed by atoms with E-state index in [2.05, 4.69) is 59.7 Å². The van der Waals surface area contributed by atoms with Crippen molar-refractivity contribution in [3.63, 3.8) is 0 Å². The molecule has 19 heavy (non-hydrogen) atoms. The largest absolute Gasteiger partial charge is 0.140 e. The molecule has 1 atom stereocenters. The molecule has 1 aromatic heterocycles. The Morgan fingerprint density at radius 1 is 1.05 bits per heavy atom. The van der Waals surface area contributed by atoms with E-state index in [0.717, 1.165) is 5.92 Å². The van der Waals surface area contributed by atoms with Crippen LogP contribution in [-0.4, -0.2) is 0 Å². The molecule has 102 valence electrons. The van der Waals surface area contributed by atoms with E-state index in [4.69, 9.17) is 0 Å². The van der Waals surface area contributed by atoms with E-state index in [-0.39, 0.29) is 5.41 Å². The molecule has 0 nitrogen and oxygen atoms in total. The summed E-state index contributed by atoms with van der Waals surface area (Å²) in [7, 11) is 0. The SMILES string of the molecule is CC(C)(C)c1ccc2sc3c(c2c1)CC3C(C)(C)C. The van der Waals surface area contributed by atoms with Gasteiger partial charge in [-0.1, -0.05) is 47.6 Å². The van der Waals surface area contributed by atoms with Crippen molar-refractivity contribution >= 4 is 21.4 Å². The molecule has 3 rings (SSSR count). The van der Waals surface area contributed by atoms with E-state index in [0.29, 0.717) is 5.41 Å². The number of benzene rings is 1. The van der Waals surface area contributed by atoms with Gasteiger partial charge in [-0.15, -0.1) is 11.3 Å². The van der Waals surface area contributed by atoms with E-state index < -0.39 is 0 Å². The summed E-state index contributed by atoms with van der Waals surface area (Å²) in [4.78, 5) is 1.65. The molecule has 1 heteroatoms. The molecule has 0 amide bonds. The second kappa shape index (κ2) is 3.85. The van der Waals surface area contributed by atoms with Crippen molar-refractivity contribution in [3.8, 4) is 0 Å². The van der Waals surface area contributed by atoms with Gasteiger partial charge in [-0.3, -0.25) is 0 Å². The summed E-state index contributed by atoms with van der Waals surface area (Å²) in [5.74, 6) is 0.762. The first-order chi connectivity index (χ1) is 8.68. The first-order valence-electron chi connectivity index (χ1n) is 7.24. The number of thiophene rings is 1. The maximum Gasteiger partial charge on any atom is 0.0348 e. The molecular formula is C18H24S. The Balaban J connectivity index is 2.11. The normalized spacial score (nSPS) is 19.4. The lowest BCUT2D eigenvalue weighted by atomic mass is 9.68. The smallest absolute Gasteiger partial charge is 0.0348 e. The lowest BCUT2D eigenvalue weighted by Crippen LogP contribution is -2.27. The van der Waals surface area contributed by atoms with Crippen LogP contribution in [-0.2, 0) is 11.8 Å². The first kappa shape index (κ1) is 13.2. The molecule has 1 heterocycles. The van der Waals surface area contributed by atoms with Gasteiger partial charge in [0, 0.05) is 15.5 Å². The van der Waals surface area contributed by atoms with Crippen LogP contribution in [0.15, 0.2) is 18.2 Å². The highest BCUT2D eigenvalue weighted by Crippen LogP contribution is 2.53. The Morgan fingerprint density at radius 3 is 2.32 bits per heavy atom. The average Bonchev–Trinajstić information content (AvgIpc) is 2.47. The van der Waals surface area contributed by atoms with Gasteiger partial charge >= 0.3 is 0 Å². The minimum atomic E-state index is 0.246. The molecule has 0 spiro atoms. The molecule has 1 unspecified atom stereocenters. The van der Waals surface area contributed by atoms with Crippen molar-refractivity contribution < 1.29 is 0 Å². The van der Waals surface area contributed by atoms with Crippen molar-refractivity contribution in [1.29, 1.82) is 0 Å². The second-order valence-corrected chi connectivity index (χ2v) is 9.11. The number of hydrogen-bond donors (Lipinski definition) is 0. The molecule has 0 saturated heterocycles. The standard InChI is InChI=1S/C18H24S/c1-17(2,3)11-7-8-15-12(9-11)13-10-14(16(13)19-15)18(4,5)6/h7-9,14H,10H2,1-6H3. The van der Waals surface area contributed by atoms with E-state index in [1.807, 2.05) is 11.3 Å². The van der Waals surface area contributed by atoms with Crippen LogP contribution in [0.1, 0.15) is 63.5 Å². The first-order valence-corrected chi connectivity index (χ1v) is 8.05. The van der Waals surface area contributed by atoms with Gasteiger partial charge in [0.15, 0.2) is 0 Å². The van der Waals surface area contributed by atoms with Crippen LogP contribution in [0.5, 0.6) is 0 Å². The summed E-state index contributed by atoms with van der Waals surface area (Å²) >= 11 is 2.02. The van der Waals surface area contributed by atoms with Crippen LogP contribution >= 0.6 is 11.3 Å². The van der Waals surface area contributed by atoms with E-state index in [1.165, 1.54) is 22.1 Å². The summed E-state index contributed by atoms with van der Waals surface area (Å²) in [5, 5.41) is 1.52. The van der Waals surface area contributed by atoms with Crippen molar-refractivity contribution in [2.75, 3.05) is 0 Å². The van der Waals surface area contributed by atoms with Gasteiger partial charge < -0.3 is 0 Å². The minimum Gasteiger partial charge on any atom is -0.140 e. The van der Waals surface area contributed by atoms with Crippen LogP contribution in [0.2, 0.25) is 0 Å². The van der Waals surface area contributed by atoms with Gasteiger partial charge in [-0.2, -0.15) is 0 Å². The summed E-state index contributed by atoms with van der Waals surface area (Å²) in [5.41, 5.74) is 3.74. The third kappa shape index (κ3) is 2.03. The molecule has 0 saturated carbocycles. The summed E-state index contributed by atoms with van der Waals surface area (Å²) in [6, 6.07) is 7.08. The maximum atomic E-state index is 2.43. The number of rotatable bonds is 0. The molecular weight excluding hydrogens is 248 g/mol. The van der Waals surface area contributed by atoms with Gasteiger partial charge in [-0.25, -0.2) is 0 Å². The molecule has 0 aliphatic heterocycles. The van der Waals surface area contributed by atoms with Crippen molar-refractivity contribution in [2.45, 2.75) is 59.3 Å². The molecule has 0 radical (unpaired) electrons. The Bertz CT molecular complexity index is 632. The molecule has 1 aliphatic carbocycles. The molecule has 0 N–H and O–H groups in total. The fraction of sp³-hybridized carbons (Fsp3) is 0.556. The van der Waals surface area contributed by atoms with Crippen molar-refractivity contribution in [1.82, 2.24) is 0 Å². The fourth-order valence-electron chi connectivity index (χ4n) is 2.99. The Labute approximate surface area is 120 Å². The zero-order valence-corrected chi connectivity index (χ0v) is 13.7. The van der Waals surface area contributed by atoms with Crippen LogP contribution in [0, 0.1) is 5.41 Å². The van der Waals surface area contributed by atoms with Gasteiger partial charge in [-0.05, 0) is 45.9 Å². The highest BCUT2D eigenvalue weighted by molar-refractivity contribution is 7.19. The summed E-state index contributed by atoms with van der Waals surface area (Å²) in [6.45, 7) is 14.0. The molecule has 0 fully saturated rings. The predicted octanol–water partition coefficient (Wildman–Crippen LogP) is 5.88. The Kier molecular flexibility index (Phi) is 2.67. The van der Waals surface area contributed by atoms with Crippen molar-refractivity contribution in [2.24, 2.45) is 5.41 Å². The third-order valence-electron chi connectivity index (χ3n) is 4.46. The summed E-state index contributed by atoms with van der Waals surface area (Å²) < 4.78 is 1.48. The zero-order valence-electron chi connectivity index (χ0n) is 12.9. The second-order valence-electron chi connectivity index (χ2n) is 8.03. The lowest BCUT2D eigenvalue weighted by molar-refractivity contribution is 0.298. The van der Waals surface area contributed by atoms with Gasteiger partial charge in [0.25, 0.3) is 0 Å². The third-order valence-corrected chi connectivity index (χ3v) is 5.78. The molecule has 2 aromatic rings.